The van der Waals surface area contributed by atoms with Crippen molar-refractivity contribution in [1.29, 1.82) is 0 Å². The van der Waals surface area contributed by atoms with Crippen LogP contribution in [0, 0.1) is 0 Å². The maximum atomic E-state index is 12.7. The first-order valence-electron chi connectivity index (χ1n) is 7.27. The van der Waals surface area contributed by atoms with Crippen LogP contribution in [0.1, 0.15) is 26.3 Å². The van der Waals surface area contributed by atoms with Crippen LogP contribution in [-0.2, 0) is 10.9 Å². The average molecular weight is 382 g/mol. The summed E-state index contributed by atoms with van der Waals surface area (Å²) in [5.74, 6) is 0. The van der Waals surface area contributed by atoms with E-state index in [9.17, 15) is 22.8 Å². The van der Waals surface area contributed by atoms with Gasteiger partial charge in [-0.15, -0.1) is 0 Å². The van der Waals surface area contributed by atoms with Gasteiger partial charge in [0, 0.05) is 18.8 Å². The minimum Gasteiger partial charge on any atom is -0.444 e. The molecule has 25 heavy (non-hydrogen) atoms. The lowest BCUT2D eigenvalue weighted by Gasteiger charge is -2.19. The molecule has 0 atom stereocenters. The first kappa shape index (κ1) is 20.9. The second-order valence-corrected chi connectivity index (χ2v) is 6.41. The van der Waals surface area contributed by atoms with Crippen LogP contribution in [0.3, 0.4) is 0 Å². The molecule has 140 valence electrons. The van der Waals surface area contributed by atoms with Crippen molar-refractivity contribution in [3.8, 4) is 0 Å². The molecule has 3 amide bonds. The number of urea groups is 1. The normalized spacial score (nSPS) is 11.6. The fourth-order valence-corrected chi connectivity index (χ4v) is 1.88. The highest BCUT2D eigenvalue weighted by Crippen LogP contribution is 2.36. The highest BCUT2D eigenvalue weighted by molar-refractivity contribution is 6.31. The Labute approximate surface area is 148 Å². The van der Waals surface area contributed by atoms with Gasteiger partial charge in [-0.2, -0.15) is 13.2 Å². The van der Waals surface area contributed by atoms with E-state index in [-0.39, 0.29) is 18.8 Å². The summed E-state index contributed by atoms with van der Waals surface area (Å²) in [6.07, 6.45) is -5.26. The van der Waals surface area contributed by atoms with E-state index in [4.69, 9.17) is 16.3 Å². The van der Waals surface area contributed by atoms with Gasteiger partial charge < -0.3 is 20.7 Å². The molecule has 0 aliphatic rings. The third kappa shape index (κ3) is 7.97. The summed E-state index contributed by atoms with van der Waals surface area (Å²) in [6.45, 7) is 5.28. The van der Waals surface area contributed by atoms with E-state index in [0.717, 1.165) is 12.1 Å². The van der Waals surface area contributed by atoms with Crippen LogP contribution in [0.5, 0.6) is 0 Å². The third-order valence-corrected chi connectivity index (χ3v) is 2.94. The summed E-state index contributed by atoms with van der Waals surface area (Å²) in [7, 11) is 0. The zero-order valence-electron chi connectivity index (χ0n) is 13.9. The van der Waals surface area contributed by atoms with Gasteiger partial charge in [0.15, 0.2) is 0 Å². The number of alkyl halides is 3. The fraction of sp³-hybridized carbons (Fsp3) is 0.467. The van der Waals surface area contributed by atoms with E-state index in [1.54, 1.807) is 20.8 Å². The molecule has 0 unspecified atom stereocenters. The van der Waals surface area contributed by atoms with Gasteiger partial charge in [-0.1, -0.05) is 11.6 Å². The number of alkyl carbamates (subject to hydrolysis) is 1. The first-order chi connectivity index (χ1) is 11.4. The molecule has 3 N–H and O–H groups in total. The Bertz CT molecular complexity index is 631. The topological polar surface area (TPSA) is 79.5 Å². The molecule has 0 saturated carbocycles. The van der Waals surface area contributed by atoms with Crippen LogP contribution in [0.25, 0.3) is 0 Å². The number of nitrogens with one attached hydrogen (secondary N) is 3. The van der Waals surface area contributed by atoms with Crippen molar-refractivity contribution < 1.29 is 27.5 Å². The molecule has 0 fully saturated rings. The fourth-order valence-electron chi connectivity index (χ4n) is 1.65. The van der Waals surface area contributed by atoms with Crippen molar-refractivity contribution in [3.05, 3.63) is 28.8 Å². The van der Waals surface area contributed by atoms with E-state index in [1.807, 2.05) is 0 Å². The molecule has 0 saturated heterocycles. The van der Waals surface area contributed by atoms with Crippen molar-refractivity contribution in [1.82, 2.24) is 10.6 Å². The standard InChI is InChI=1S/C15H19ClF3N3O3/c1-14(2,3)25-13(24)21-7-6-20-12(23)22-9-4-5-11(16)10(8-9)15(17,18)19/h4-5,8H,6-7H2,1-3H3,(H,21,24)(H2,20,22,23). The van der Waals surface area contributed by atoms with Crippen molar-refractivity contribution in [2.45, 2.75) is 32.5 Å². The largest absolute Gasteiger partial charge is 0.444 e. The lowest BCUT2D eigenvalue weighted by atomic mass is 10.2. The maximum Gasteiger partial charge on any atom is 0.417 e. The van der Waals surface area contributed by atoms with E-state index < -0.39 is 34.5 Å². The molecule has 0 aliphatic heterocycles. The van der Waals surface area contributed by atoms with Crippen LogP contribution in [0.4, 0.5) is 28.4 Å². The van der Waals surface area contributed by atoms with Crippen LogP contribution in [0.15, 0.2) is 18.2 Å². The summed E-state index contributed by atoms with van der Waals surface area (Å²) >= 11 is 5.49. The number of hydrogen-bond acceptors (Lipinski definition) is 3. The predicted octanol–water partition coefficient (Wildman–Crippen LogP) is 4.01. The van der Waals surface area contributed by atoms with E-state index in [1.165, 1.54) is 6.07 Å². The molecule has 0 bridgehead atoms. The van der Waals surface area contributed by atoms with Gasteiger partial charge in [0.2, 0.25) is 0 Å². The SMILES string of the molecule is CC(C)(C)OC(=O)NCCNC(=O)Nc1ccc(Cl)c(C(F)(F)F)c1. The maximum absolute atomic E-state index is 12.7. The summed E-state index contributed by atoms with van der Waals surface area (Å²) in [5.41, 5.74) is -1.74. The molecule has 6 nitrogen and oxygen atoms in total. The Morgan fingerprint density at radius 1 is 1.12 bits per heavy atom. The number of anilines is 1. The molecule has 0 radical (unpaired) electrons. The van der Waals surface area contributed by atoms with Crippen molar-refractivity contribution in [2.75, 3.05) is 18.4 Å². The van der Waals surface area contributed by atoms with Gasteiger partial charge in [0.1, 0.15) is 5.60 Å². The highest BCUT2D eigenvalue weighted by atomic mass is 35.5. The molecule has 0 aliphatic carbocycles. The molecule has 10 heteroatoms. The van der Waals surface area contributed by atoms with Gasteiger partial charge >= 0.3 is 18.3 Å². The lowest BCUT2D eigenvalue weighted by molar-refractivity contribution is -0.137. The van der Waals surface area contributed by atoms with Gasteiger partial charge in [0.05, 0.1) is 10.6 Å². The van der Waals surface area contributed by atoms with Crippen LogP contribution in [-0.4, -0.2) is 30.8 Å². The van der Waals surface area contributed by atoms with Crippen LogP contribution >= 0.6 is 11.6 Å². The Morgan fingerprint density at radius 2 is 1.72 bits per heavy atom. The number of halogens is 4. The van der Waals surface area contributed by atoms with Crippen LogP contribution in [0.2, 0.25) is 5.02 Å². The number of rotatable bonds is 4. The second kappa shape index (κ2) is 8.28. The van der Waals surface area contributed by atoms with Crippen molar-refractivity contribution in [2.24, 2.45) is 0 Å². The van der Waals surface area contributed by atoms with Crippen molar-refractivity contribution >= 4 is 29.4 Å². The van der Waals surface area contributed by atoms with Crippen LogP contribution < -0.4 is 16.0 Å². The Morgan fingerprint density at radius 3 is 2.28 bits per heavy atom. The number of ether oxygens (including phenoxy) is 1. The van der Waals surface area contributed by atoms with E-state index in [2.05, 4.69) is 16.0 Å². The molecule has 0 aromatic heterocycles. The first-order valence-corrected chi connectivity index (χ1v) is 7.65. The van der Waals surface area contributed by atoms with E-state index >= 15 is 0 Å². The van der Waals surface area contributed by atoms with Gasteiger partial charge in [-0.05, 0) is 39.0 Å². The second-order valence-electron chi connectivity index (χ2n) is 6.00. The molecular weight excluding hydrogens is 363 g/mol. The lowest BCUT2D eigenvalue weighted by Crippen LogP contribution is -2.39. The van der Waals surface area contributed by atoms with Gasteiger partial charge in [-0.25, -0.2) is 9.59 Å². The summed E-state index contributed by atoms with van der Waals surface area (Å²) in [6, 6.07) is 2.31. The minimum atomic E-state index is -4.62. The quantitative estimate of drug-likeness (QED) is 0.689. The van der Waals surface area contributed by atoms with Gasteiger partial charge in [-0.3, -0.25) is 0 Å². The number of carbonyl (C=O) groups is 2. The number of hydrogen-bond donors (Lipinski definition) is 3. The van der Waals surface area contributed by atoms with E-state index in [0.29, 0.717) is 0 Å². The Kier molecular flexibility index (Phi) is 6.92. The summed E-state index contributed by atoms with van der Waals surface area (Å²) < 4.78 is 43.2. The molecule has 1 aromatic carbocycles. The highest BCUT2D eigenvalue weighted by Gasteiger charge is 2.33. The number of amides is 3. The molecule has 1 aromatic rings. The predicted molar refractivity (Wildman–Crippen MR) is 87.7 cm³/mol. The summed E-state index contributed by atoms with van der Waals surface area (Å²) in [5, 5.41) is 6.61. The monoisotopic (exact) mass is 381 g/mol. The zero-order chi connectivity index (χ0) is 19.3. The Balaban J connectivity index is 2.44. The zero-order valence-corrected chi connectivity index (χ0v) is 14.6. The Hall–Kier alpha value is -2.16. The summed E-state index contributed by atoms with van der Waals surface area (Å²) in [4.78, 5) is 23.0. The minimum absolute atomic E-state index is 0.0603. The van der Waals surface area contributed by atoms with Gasteiger partial charge in [0.25, 0.3) is 0 Å². The number of carbonyl (C=O) groups excluding carboxylic acids is 2. The molecule has 0 spiro atoms. The smallest absolute Gasteiger partial charge is 0.417 e. The molecular formula is C15H19ClF3N3O3. The average Bonchev–Trinajstić information content (AvgIpc) is 2.42. The number of benzene rings is 1. The van der Waals surface area contributed by atoms with Crippen molar-refractivity contribution in [3.63, 3.8) is 0 Å². The molecule has 1 rings (SSSR count). The molecule has 0 heterocycles. The third-order valence-electron chi connectivity index (χ3n) is 2.61.